The molecular weight excluding hydrogens is 320 g/mol. The molecule has 1 aliphatic heterocycles. The van der Waals surface area contributed by atoms with Crippen molar-refractivity contribution in [2.24, 2.45) is 5.73 Å². The number of benzene rings is 1. The summed E-state index contributed by atoms with van der Waals surface area (Å²) in [6, 6.07) is 6.20. The first-order valence-electron chi connectivity index (χ1n) is 5.55. The van der Waals surface area contributed by atoms with Crippen LogP contribution in [0.4, 0.5) is 0 Å². The van der Waals surface area contributed by atoms with Crippen molar-refractivity contribution in [3.63, 3.8) is 0 Å². The van der Waals surface area contributed by atoms with Crippen LogP contribution in [0.5, 0.6) is 0 Å². The summed E-state index contributed by atoms with van der Waals surface area (Å²) in [5.41, 5.74) is 6.88. The van der Waals surface area contributed by atoms with Crippen molar-refractivity contribution in [2.45, 2.75) is 25.4 Å². The minimum absolute atomic E-state index is 0.227. The summed E-state index contributed by atoms with van der Waals surface area (Å²) in [5, 5.41) is 0.785. The van der Waals surface area contributed by atoms with Crippen LogP contribution in [0.15, 0.2) is 22.7 Å². The highest BCUT2D eigenvalue weighted by Crippen LogP contribution is 2.26. The molecule has 17 heavy (non-hydrogen) atoms. The first-order valence-corrected chi connectivity index (χ1v) is 7.13. The summed E-state index contributed by atoms with van der Waals surface area (Å²) in [4.78, 5) is 2.90. The molecule has 0 radical (unpaired) electrons. The molecule has 0 aliphatic carbocycles. The fourth-order valence-corrected chi connectivity index (χ4v) is 3.21. The molecule has 1 saturated heterocycles. The maximum absolute atomic E-state index is 6.21. The highest BCUT2D eigenvalue weighted by molar-refractivity contribution is 9.10. The minimum atomic E-state index is 0.227. The van der Waals surface area contributed by atoms with E-state index in [1.54, 1.807) is 0 Å². The van der Waals surface area contributed by atoms with E-state index in [1.165, 1.54) is 0 Å². The van der Waals surface area contributed by atoms with Crippen LogP contribution in [0.1, 0.15) is 18.4 Å². The van der Waals surface area contributed by atoms with Crippen LogP contribution in [0.25, 0.3) is 0 Å². The Morgan fingerprint density at radius 1 is 1.59 bits per heavy atom. The van der Waals surface area contributed by atoms with Gasteiger partial charge in [-0.1, -0.05) is 45.8 Å². The van der Waals surface area contributed by atoms with Crippen LogP contribution >= 0.6 is 39.7 Å². The predicted molar refractivity (Wildman–Crippen MR) is 79.4 cm³/mol. The second-order valence-corrected chi connectivity index (χ2v) is 6.06. The van der Waals surface area contributed by atoms with Crippen LogP contribution in [-0.4, -0.2) is 22.5 Å². The van der Waals surface area contributed by atoms with Crippen molar-refractivity contribution < 1.29 is 0 Å². The molecule has 1 atom stereocenters. The molecule has 0 aromatic heterocycles. The van der Waals surface area contributed by atoms with Gasteiger partial charge in [-0.2, -0.15) is 0 Å². The lowest BCUT2D eigenvalue weighted by Crippen LogP contribution is -2.38. The topological polar surface area (TPSA) is 29.3 Å². The third-order valence-electron chi connectivity index (χ3n) is 3.08. The summed E-state index contributed by atoms with van der Waals surface area (Å²) in [6.45, 7) is 1.85. The number of likely N-dealkylation sites (tertiary alicyclic amines) is 1. The lowest BCUT2D eigenvalue weighted by atomic mass is 10.2. The standard InChI is InChI=1S/C12H14BrClN2S/c13-9-4-3-8(10(14)6-9)7-16-5-1-2-11(16)12(15)17/h3-4,6,11H,1-2,5,7H2,(H2,15,17). The van der Waals surface area contributed by atoms with Gasteiger partial charge in [0.2, 0.25) is 0 Å². The van der Waals surface area contributed by atoms with Gasteiger partial charge in [0.15, 0.2) is 0 Å². The average molecular weight is 334 g/mol. The molecule has 1 aliphatic rings. The van der Waals surface area contributed by atoms with Crippen molar-refractivity contribution >= 4 is 44.7 Å². The summed E-state index contributed by atoms with van der Waals surface area (Å²) in [5.74, 6) is 0. The Balaban J connectivity index is 2.12. The molecule has 1 aromatic carbocycles. The van der Waals surface area contributed by atoms with E-state index in [1.807, 2.05) is 18.2 Å². The van der Waals surface area contributed by atoms with E-state index < -0.39 is 0 Å². The number of rotatable bonds is 3. The quantitative estimate of drug-likeness (QED) is 0.860. The number of nitrogens with zero attached hydrogens (tertiary/aromatic N) is 1. The van der Waals surface area contributed by atoms with Crippen LogP contribution in [-0.2, 0) is 6.54 Å². The van der Waals surface area contributed by atoms with Crippen LogP contribution in [0.2, 0.25) is 5.02 Å². The fourth-order valence-electron chi connectivity index (χ4n) is 2.21. The molecule has 1 heterocycles. The number of hydrogen-bond acceptors (Lipinski definition) is 2. The van der Waals surface area contributed by atoms with Gasteiger partial charge < -0.3 is 5.73 Å². The molecule has 2 nitrogen and oxygen atoms in total. The van der Waals surface area contributed by atoms with Gasteiger partial charge in [0.1, 0.15) is 0 Å². The zero-order chi connectivity index (χ0) is 12.4. The normalized spacial score (nSPS) is 20.7. The minimum Gasteiger partial charge on any atom is -0.392 e. The molecule has 2 rings (SSSR count). The molecule has 5 heteroatoms. The van der Waals surface area contributed by atoms with Gasteiger partial charge in [-0.05, 0) is 37.1 Å². The molecule has 1 unspecified atom stereocenters. The summed E-state index contributed by atoms with van der Waals surface area (Å²) in [7, 11) is 0. The Bertz CT molecular complexity index is 439. The Morgan fingerprint density at radius 2 is 2.35 bits per heavy atom. The smallest absolute Gasteiger partial charge is 0.0902 e. The summed E-state index contributed by atoms with van der Waals surface area (Å²) in [6.07, 6.45) is 2.21. The van der Waals surface area contributed by atoms with Crippen molar-refractivity contribution in [2.75, 3.05) is 6.54 Å². The van der Waals surface area contributed by atoms with E-state index >= 15 is 0 Å². The van der Waals surface area contributed by atoms with Gasteiger partial charge in [0.05, 0.1) is 11.0 Å². The molecule has 2 N–H and O–H groups in total. The summed E-state index contributed by atoms with van der Waals surface area (Å²) >= 11 is 14.7. The highest BCUT2D eigenvalue weighted by Gasteiger charge is 2.26. The fraction of sp³-hybridized carbons (Fsp3) is 0.417. The van der Waals surface area contributed by atoms with E-state index in [9.17, 15) is 0 Å². The summed E-state index contributed by atoms with van der Waals surface area (Å²) < 4.78 is 0.999. The molecule has 0 amide bonds. The van der Waals surface area contributed by atoms with E-state index in [2.05, 4.69) is 20.8 Å². The maximum atomic E-state index is 6.21. The number of nitrogens with two attached hydrogens (primary N) is 1. The third-order valence-corrected chi connectivity index (χ3v) is 4.20. The largest absolute Gasteiger partial charge is 0.392 e. The lowest BCUT2D eigenvalue weighted by molar-refractivity contribution is 0.295. The number of halogens is 2. The Morgan fingerprint density at radius 3 is 3.00 bits per heavy atom. The second kappa shape index (κ2) is 5.65. The second-order valence-electron chi connectivity index (χ2n) is 4.27. The van der Waals surface area contributed by atoms with E-state index in [0.29, 0.717) is 4.99 Å². The van der Waals surface area contributed by atoms with E-state index in [4.69, 9.17) is 29.6 Å². The predicted octanol–water partition coefficient (Wildman–Crippen LogP) is 3.35. The highest BCUT2D eigenvalue weighted by atomic mass is 79.9. The average Bonchev–Trinajstić information content (AvgIpc) is 2.70. The number of hydrogen-bond donors (Lipinski definition) is 1. The molecule has 1 aromatic rings. The molecule has 1 fully saturated rings. The zero-order valence-corrected chi connectivity index (χ0v) is 12.5. The Labute approximate surface area is 120 Å². The molecular formula is C12H14BrClN2S. The molecule has 0 bridgehead atoms. The number of thiocarbonyl (C=S) groups is 1. The zero-order valence-electron chi connectivity index (χ0n) is 9.33. The monoisotopic (exact) mass is 332 g/mol. The van der Waals surface area contributed by atoms with Gasteiger partial charge in [0, 0.05) is 16.0 Å². The maximum Gasteiger partial charge on any atom is 0.0902 e. The third kappa shape index (κ3) is 3.19. The Hall–Kier alpha value is -0.160. The van der Waals surface area contributed by atoms with E-state index in [0.717, 1.165) is 41.0 Å². The van der Waals surface area contributed by atoms with Gasteiger partial charge in [-0.15, -0.1) is 0 Å². The van der Waals surface area contributed by atoms with Gasteiger partial charge >= 0.3 is 0 Å². The lowest BCUT2D eigenvalue weighted by Gasteiger charge is -2.23. The van der Waals surface area contributed by atoms with Crippen LogP contribution < -0.4 is 5.73 Å². The Kier molecular flexibility index (Phi) is 4.42. The van der Waals surface area contributed by atoms with Crippen molar-refractivity contribution in [1.82, 2.24) is 4.90 Å². The van der Waals surface area contributed by atoms with Crippen molar-refractivity contribution in [3.8, 4) is 0 Å². The molecule has 0 saturated carbocycles. The first kappa shape index (κ1) is 13.3. The van der Waals surface area contributed by atoms with Crippen LogP contribution in [0, 0.1) is 0 Å². The van der Waals surface area contributed by atoms with Crippen LogP contribution in [0.3, 0.4) is 0 Å². The van der Waals surface area contributed by atoms with Crippen molar-refractivity contribution in [3.05, 3.63) is 33.3 Å². The SMILES string of the molecule is NC(=S)C1CCCN1Cc1ccc(Br)cc1Cl. The molecule has 0 spiro atoms. The van der Waals surface area contributed by atoms with Gasteiger partial charge in [-0.3, -0.25) is 4.90 Å². The molecule has 92 valence electrons. The van der Waals surface area contributed by atoms with Crippen molar-refractivity contribution in [1.29, 1.82) is 0 Å². The van der Waals surface area contributed by atoms with Gasteiger partial charge in [-0.25, -0.2) is 0 Å². The van der Waals surface area contributed by atoms with E-state index in [-0.39, 0.29) is 6.04 Å². The first-order chi connectivity index (χ1) is 8.08. The van der Waals surface area contributed by atoms with Gasteiger partial charge in [0.25, 0.3) is 0 Å².